The van der Waals surface area contributed by atoms with Crippen molar-refractivity contribution in [1.29, 1.82) is 5.26 Å². The fraction of sp³-hybridized carbons (Fsp3) is 0.105. The molecule has 144 valence electrons. The van der Waals surface area contributed by atoms with Crippen molar-refractivity contribution in [2.24, 2.45) is 0 Å². The number of aromatic nitrogens is 5. The highest BCUT2D eigenvalue weighted by molar-refractivity contribution is 5.56. The molecule has 0 spiro atoms. The van der Waals surface area contributed by atoms with Crippen LogP contribution in [0.4, 0.5) is 13.2 Å². The Morgan fingerprint density at radius 2 is 1.97 bits per heavy atom. The van der Waals surface area contributed by atoms with Crippen LogP contribution >= 0.6 is 0 Å². The van der Waals surface area contributed by atoms with Crippen molar-refractivity contribution in [3.8, 4) is 17.6 Å². The fourth-order valence-corrected chi connectivity index (χ4v) is 2.94. The Morgan fingerprint density at radius 3 is 2.69 bits per heavy atom. The fourth-order valence-electron chi connectivity index (χ4n) is 2.94. The van der Waals surface area contributed by atoms with Gasteiger partial charge in [-0.25, -0.2) is 19.3 Å². The molecule has 0 atom stereocenters. The Bertz CT molecular complexity index is 1370. The van der Waals surface area contributed by atoms with Gasteiger partial charge in [0.2, 0.25) is 11.8 Å². The van der Waals surface area contributed by atoms with Gasteiger partial charge in [0.15, 0.2) is 11.5 Å². The highest BCUT2D eigenvalue weighted by Gasteiger charge is 2.16. The van der Waals surface area contributed by atoms with E-state index < -0.39 is 23.1 Å². The van der Waals surface area contributed by atoms with Gasteiger partial charge in [0.05, 0.1) is 23.7 Å². The van der Waals surface area contributed by atoms with Crippen molar-refractivity contribution < 1.29 is 13.2 Å². The lowest BCUT2D eigenvalue weighted by Gasteiger charge is -2.10. The quantitative estimate of drug-likeness (QED) is 0.574. The van der Waals surface area contributed by atoms with Crippen molar-refractivity contribution in [2.45, 2.75) is 13.3 Å². The van der Waals surface area contributed by atoms with Crippen LogP contribution < -0.4 is 5.56 Å². The summed E-state index contributed by atoms with van der Waals surface area (Å²) in [5, 5.41) is 8.95. The average Bonchev–Trinajstić information content (AvgIpc) is 3.07. The topological polar surface area (TPSA) is 99.7 Å². The molecule has 0 aliphatic heterocycles. The first-order valence-electron chi connectivity index (χ1n) is 8.34. The molecule has 0 amide bonds. The van der Waals surface area contributed by atoms with Crippen LogP contribution in [0.1, 0.15) is 22.4 Å². The molecule has 0 unspecified atom stereocenters. The number of H-pyrrole nitrogens is 1. The van der Waals surface area contributed by atoms with Gasteiger partial charge in [0.25, 0.3) is 5.56 Å². The zero-order chi connectivity index (χ0) is 20.7. The summed E-state index contributed by atoms with van der Waals surface area (Å²) < 4.78 is 42.6. The molecule has 4 aromatic rings. The summed E-state index contributed by atoms with van der Waals surface area (Å²) >= 11 is 0. The van der Waals surface area contributed by atoms with Gasteiger partial charge in [-0.3, -0.25) is 9.20 Å². The molecule has 1 N–H and O–H groups in total. The van der Waals surface area contributed by atoms with Crippen LogP contribution in [0.2, 0.25) is 0 Å². The minimum atomic E-state index is -1.06. The number of nitrogens with zero attached hydrogens (tertiary/aromatic N) is 5. The largest absolute Gasteiger partial charge is 0.303 e. The Labute approximate surface area is 161 Å². The Hall–Kier alpha value is -4.00. The summed E-state index contributed by atoms with van der Waals surface area (Å²) in [6.45, 7) is 1.71. The molecular formula is C19H11F3N6O. The van der Waals surface area contributed by atoms with Gasteiger partial charge in [0.1, 0.15) is 17.6 Å². The van der Waals surface area contributed by atoms with Crippen LogP contribution in [0.3, 0.4) is 0 Å². The molecule has 0 saturated carbocycles. The molecule has 4 rings (SSSR count). The third-order valence-corrected chi connectivity index (χ3v) is 4.42. The molecule has 3 aromatic heterocycles. The number of imidazole rings is 1. The first kappa shape index (κ1) is 18.4. The standard InChI is InChI=1S/C19H11F3N6O/c1-9-2-11(5-23)12(20)3-10(9)4-14-18-25-7-16(22)28(18)8-15(26-14)17-24-6-13(21)19(29)27-17/h2-3,6-8H,4H2,1H3,(H,24,27,29). The SMILES string of the molecule is Cc1cc(C#N)c(F)cc1Cc1nc(-c2ncc(F)c(=O)[nH]2)cn2c(F)cnc12. The van der Waals surface area contributed by atoms with E-state index in [-0.39, 0.29) is 34.8 Å². The maximum absolute atomic E-state index is 14.2. The normalized spacial score (nSPS) is 11.0. The van der Waals surface area contributed by atoms with Crippen LogP contribution in [0.15, 0.2) is 35.5 Å². The third-order valence-electron chi connectivity index (χ3n) is 4.42. The number of benzene rings is 1. The molecule has 10 heteroatoms. The lowest BCUT2D eigenvalue weighted by atomic mass is 10.0. The molecule has 0 saturated heterocycles. The van der Waals surface area contributed by atoms with E-state index in [0.29, 0.717) is 11.1 Å². The minimum absolute atomic E-state index is 0.0598. The summed E-state index contributed by atoms with van der Waals surface area (Å²) in [6, 6.07) is 4.40. The molecule has 0 radical (unpaired) electrons. The van der Waals surface area contributed by atoms with E-state index in [0.717, 1.165) is 16.8 Å². The van der Waals surface area contributed by atoms with E-state index in [1.807, 2.05) is 0 Å². The van der Waals surface area contributed by atoms with E-state index in [1.54, 1.807) is 13.0 Å². The molecule has 0 aliphatic carbocycles. The van der Waals surface area contributed by atoms with Crippen molar-refractivity contribution >= 4 is 5.65 Å². The van der Waals surface area contributed by atoms with Gasteiger partial charge < -0.3 is 4.98 Å². The minimum Gasteiger partial charge on any atom is -0.303 e. The van der Waals surface area contributed by atoms with E-state index in [4.69, 9.17) is 5.26 Å². The van der Waals surface area contributed by atoms with Gasteiger partial charge in [0, 0.05) is 12.6 Å². The second-order valence-electron chi connectivity index (χ2n) is 6.30. The zero-order valence-electron chi connectivity index (χ0n) is 14.9. The molecule has 3 heterocycles. The summed E-state index contributed by atoms with van der Waals surface area (Å²) in [4.78, 5) is 25.9. The Balaban J connectivity index is 1.88. The molecular weight excluding hydrogens is 385 g/mol. The molecule has 7 nitrogen and oxygen atoms in total. The highest BCUT2D eigenvalue weighted by Crippen LogP contribution is 2.22. The monoisotopic (exact) mass is 396 g/mol. The van der Waals surface area contributed by atoms with Crippen LogP contribution in [0.5, 0.6) is 0 Å². The van der Waals surface area contributed by atoms with Gasteiger partial charge in [-0.15, -0.1) is 0 Å². The molecule has 1 aromatic carbocycles. The average molecular weight is 396 g/mol. The number of halogens is 3. The van der Waals surface area contributed by atoms with Crippen LogP contribution in [0, 0.1) is 35.8 Å². The second-order valence-corrected chi connectivity index (χ2v) is 6.30. The maximum Gasteiger partial charge on any atom is 0.287 e. The summed E-state index contributed by atoms with van der Waals surface area (Å²) in [6.07, 6.45) is 3.08. The summed E-state index contributed by atoms with van der Waals surface area (Å²) in [5.41, 5.74) is 0.650. The van der Waals surface area contributed by atoms with E-state index in [9.17, 15) is 18.0 Å². The van der Waals surface area contributed by atoms with E-state index >= 15 is 0 Å². The van der Waals surface area contributed by atoms with Crippen LogP contribution in [-0.4, -0.2) is 24.3 Å². The van der Waals surface area contributed by atoms with Crippen molar-refractivity contribution in [3.05, 3.63) is 81.0 Å². The number of hydrogen-bond acceptors (Lipinski definition) is 5. The number of aromatic amines is 1. The molecule has 0 aliphatic rings. The van der Waals surface area contributed by atoms with Gasteiger partial charge in [-0.05, 0) is 30.2 Å². The highest BCUT2D eigenvalue weighted by atomic mass is 19.1. The molecule has 29 heavy (non-hydrogen) atoms. The predicted octanol–water partition coefficient (Wildman–Crippen LogP) is 2.67. The molecule has 0 bridgehead atoms. The summed E-state index contributed by atoms with van der Waals surface area (Å²) in [7, 11) is 0. The maximum atomic E-state index is 14.2. The Morgan fingerprint density at radius 1 is 1.17 bits per heavy atom. The lowest BCUT2D eigenvalue weighted by Crippen LogP contribution is -2.13. The smallest absolute Gasteiger partial charge is 0.287 e. The molecule has 0 fully saturated rings. The predicted molar refractivity (Wildman–Crippen MR) is 95.4 cm³/mol. The summed E-state index contributed by atoms with van der Waals surface area (Å²) in [5.74, 6) is -2.49. The third kappa shape index (κ3) is 3.23. The number of aryl methyl sites for hydroxylation is 1. The van der Waals surface area contributed by atoms with E-state index in [1.165, 1.54) is 18.3 Å². The van der Waals surface area contributed by atoms with Crippen molar-refractivity contribution in [1.82, 2.24) is 24.3 Å². The number of nitrogens with one attached hydrogen (secondary N) is 1. The second kappa shape index (κ2) is 6.87. The number of hydrogen-bond donors (Lipinski definition) is 1. The first-order valence-corrected chi connectivity index (χ1v) is 8.34. The zero-order valence-corrected chi connectivity index (χ0v) is 14.9. The Kier molecular flexibility index (Phi) is 4.35. The van der Waals surface area contributed by atoms with Crippen LogP contribution in [-0.2, 0) is 6.42 Å². The van der Waals surface area contributed by atoms with Gasteiger partial charge >= 0.3 is 0 Å². The lowest BCUT2D eigenvalue weighted by molar-refractivity contribution is 0.571. The van der Waals surface area contributed by atoms with Crippen molar-refractivity contribution in [2.75, 3.05) is 0 Å². The van der Waals surface area contributed by atoms with Crippen LogP contribution in [0.25, 0.3) is 17.2 Å². The number of nitriles is 1. The first-order chi connectivity index (χ1) is 13.9. The van der Waals surface area contributed by atoms with Gasteiger partial charge in [-0.2, -0.15) is 14.0 Å². The van der Waals surface area contributed by atoms with E-state index in [2.05, 4.69) is 19.9 Å². The van der Waals surface area contributed by atoms with Gasteiger partial charge in [-0.1, -0.05) is 0 Å². The number of fused-ring (bicyclic) bond motifs is 1. The number of rotatable bonds is 3. The van der Waals surface area contributed by atoms with Crippen molar-refractivity contribution in [3.63, 3.8) is 0 Å².